The van der Waals surface area contributed by atoms with Gasteiger partial charge in [0.1, 0.15) is 0 Å². The van der Waals surface area contributed by atoms with Crippen molar-refractivity contribution in [2.45, 2.75) is 51.7 Å². The highest BCUT2D eigenvalue weighted by atomic mass is 32.2. The third-order valence-corrected chi connectivity index (χ3v) is 5.79. The molecule has 0 radical (unpaired) electrons. The fourth-order valence-corrected chi connectivity index (χ4v) is 3.47. The molecule has 0 fully saturated rings. The standard InChI is InChI=1S/C16H23NO2S/c1-11(2)17-15(10-20(18,19)12(3)4)9-14-8-13(5)6-7-16(14)17/h6-9,11-12H,10H2,1-5H3. The lowest BCUT2D eigenvalue weighted by molar-refractivity contribution is 0.574. The van der Waals surface area contributed by atoms with Crippen LogP contribution >= 0.6 is 0 Å². The molecule has 0 aliphatic carbocycles. The number of rotatable bonds is 4. The van der Waals surface area contributed by atoms with Crippen LogP contribution in [0.5, 0.6) is 0 Å². The number of aryl methyl sites for hydroxylation is 1. The molecule has 3 nitrogen and oxygen atoms in total. The van der Waals surface area contributed by atoms with E-state index in [1.165, 1.54) is 5.56 Å². The highest BCUT2D eigenvalue weighted by molar-refractivity contribution is 7.91. The monoisotopic (exact) mass is 293 g/mol. The van der Waals surface area contributed by atoms with E-state index in [-0.39, 0.29) is 17.0 Å². The Bertz CT molecular complexity index is 724. The Hall–Kier alpha value is -1.29. The van der Waals surface area contributed by atoms with E-state index in [2.05, 4.69) is 43.5 Å². The summed E-state index contributed by atoms with van der Waals surface area (Å²) < 4.78 is 26.5. The van der Waals surface area contributed by atoms with Crippen molar-refractivity contribution in [2.75, 3.05) is 0 Å². The summed E-state index contributed by atoms with van der Waals surface area (Å²) in [5.41, 5.74) is 3.19. The SMILES string of the molecule is Cc1ccc2c(c1)cc(CS(=O)(=O)C(C)C)n2C(C)C. The zero-order valence-electron chi connectivity index (χ0n) is 12.8. The van der Waals surface area contributed by atoms with Crippen LogP contribution in [0.15, 0.2) is 24.3 Å². The first-order chi connectivity index (χ1) is 9.22. The first kappa shape index (κ1) is 15.1. The van der Waals surface area contributed by atoms with Crippen molar-refractivity contribution in [2.24, 2.45) is 0 Å². The van der Waals surface area contributed by atoms with E-state index in [0.29, 0.717) is 0 Å². The number of nitrogens with zero attached hydrogens (tertiary/aromatic N) is 1. The first-order valence-corrected chi connectivity index (χ1v) is 8.76. The van der Waals surface area contributed by atoms with E-state index >= 15 is 0 Å². The Morgan fingerprint density at radius 2 is 1.75 bits per heavy atom. The largest absolute Gasteiger partial charge is 0.341 e. The van der Waals surface area contributed by atoms with E-state index in [4.69, 9.17) is 0 Å². The van der Waals surface area contributed by atoms with Gasteiger partial charge in [-0.3, -0.25) is 0 Å². The van der Waals surface area contributed by atoms with Crippen LogP contribution in [-0.4, -0.2) is 18.2 Å². The number of benzene rings is 1. The highest BCUT2D eigenvalue weighted by Crippen LogP contribution is 2.27. The van der Waals surface area contributed by atoms with Gasteiger partial charge in [0.05, 0.1) is 11.0 Å². The summed E-state index contributed by atoms with van der Waals surface area (Å²) in [6.07, 6.45) is 0. The molecule has 1 aromatic heterocycles. The summed E-state index contributed by atoms with van der Waals surface area (Å²) >= 11 is 0. The van der Waals surface area contributed by atoms with E-state index in [9.17, 15) is 8.42 Å². The molecule has 0 aliphatic heterocycles. The Labute approximate surface area is 121 Å². The van der Waals surface area contributed by atoms with E-state index in [0.717, 1.165) is 16.6 Å². The molecule has 0 amide bonds. The topological polar surface area (TPSA) is 39.1 Å². The van der Waals surface area contributed by atoms with Gasteiger partial charge < -0.3 is 4.57 Å². The van der Waals surface area contributed by atoms with Gasteiger partial charge in [-0.05, 0) is 52.8 Å². The lowest BCUT2D eigenvalue weighted by Gasteiger charge is -2.16. The van der Waals surface area contributed by atoms with Crippen LogP contribution in [0.25, 0.3) is 10.9 Å². The molecule has 110 valence electrons. The minimum Gasteiger partial charge on any atom is -0.341 e. The summed E-state index contributed by atoms with van der Waals surface area (Å²) in [6, 6.07) is 8.52. The smallest absolute Gasteiger partial charge is 0.158 e. The van der Waals surface area contributed by atoms with E-state index in [1.807, 2.05) is 6.07 Å². The zero-order chi connectivity index (χ0) is 15.1. The molecular weight excluding hydrogens is 270 g/mol. The molecule has 20 heavy (non-hydrogen) atoms. The fourth-order valence-electron chi connectivity index (χ4n) is 2.51. The molecule has 0 saturated carbocycles. The van der Waals surface area contributed by atoms with E-state index < -0.39 is 9.84 Å². The lowest BCUT2D eigenvalue weighted by atomic mass is 10.2. The van der Waals surface area contributed by atoms with Gasteiger partial charge in [0.25, 0.3) is 0 Å². The quantitative estimate of drug-likeness (QED) is 0.858. The van der Waals surface area contributed by atoms with Crippen LogP contribution in [0, 0.1) is 6.92 Å². The lowest BCUT2D eigenvalue weighted by Crippen LogP contribution is -2.18. The third kappa shape index (κ3) is 2.75. The molecule has 4 heteroatoms. The summed E-state index contributed by atoms with van der Waals surface area (Å²) in [4.78, 5) is 0. The number of fused-ring (bicyclic) bond motifs is 1. The van der Waals surface area contributed by atoms with Gasteiger partial charge in [-0.25, -0.2) is 8.42 Å². The summed E-state index contributed by atoms with van der Waals surface area (Å²) in [7, 11) is -3.09. The number of hydrogen-bond donors (Lipinski definition) is 0. The summed E-state index contributed by atoms with van der Waals surface area (Å²) in [5, 5.41) is 0.774. The van der Waals surface area contributed by atoms with Crippen LogP contribution < -0.4 is 0 Å². The maximum absolute atomic E-state index is 12.2. The molecule has 2 rings (SSSR count). The maximum Gasteiger partial charge on any atom is 0.158 e. The summed E-state index contributed by atoms with van der Waals surface area (Å²) in [6.45, 7) is 9.70. The second kappa shape index (κ2) is 5.24. The second-order valence-corrected chi connectivity index (χ2v) is 8.57. The first-order valence-electron chi connectivity index (χ1n) is 7.04. The van der Waals surface area contributed by atoms with Crippen LogP contribution in [0.2, 0.25) is 0 Å². The van der Waals surface area contributed by atoms with Crippen molar-refractivity contribution in [1.82, 2.24) is 4.57 Å². The molecule has 0 spiro atoms. The Morgan fingerprint density at radius 1 is 1.10 bits per heavy atom. The molecule has 2 aromatic rings. The van der Waals surface area contributed by atoms with Crippen LogP contribution in [0.4, 0.5) is 0 Å². The van der Waals surface area contributed by atoms with Crippen molar-refractivity contribution in [1.29, 1.82) is 0 Å². The Morgan fingerprint density at radius 3 is 2.30 bits per heavy atom. The summed E-state index contributed by atoms with van der Waals surface area (Å²) in [5.74, 6) is 0.108. The van der Waals surface area contributed by atoms with Gasteiger partial charge in [-0.1, -0.05) is 11.6 Å². The maximum atomic E-state index is 12.2. The van der Waals surface area contributed by atoms with Gasteiger partial charge in [-0.2, -0.15) is 0 Å². The molecule has 1 aromatic carbocycles. The average Bonchev–Trinajstić information content (AvgIpc) is 2.64. The Kier molecular flexibility index (Phi) is 3.96. The molecular formula is C16H23NO2S. The molecule has 0 bridgehead atoms. The van der Waals surface area contributed by atoms with Gasteiger partial charge in [0.15, 0.2) is 9.84 Å². The van der Waals surface area contributed by atoms with Crippen molar-refractivity contribution in [3.63, 3.8) is 0 Å². The van der Waals surface area contributed by atoms with Crippen molar-refractivity contribution in [3.05, 3.63) is 35.5 Å². The van der Waals surface area contributed by atoms with Crippen molar-refractivity contribution in [3.8, 4) is 0 Å². The molecule has 1 heterocycles. The van der Waals surface area contributed by atoms with Gasteiger partial charge in [-0.15, -0.1) is 0 Å². The number of aromatic nitrogens is 1. The van der Waals surface area contributed by atoms with Crippen LogP contribution in [0.3, 0.4) is 0 Å². The predicted octanol–water partition coefficient (Wildman–Crippen LogP) is 3.85. The Balaban J connectivity index is 2.61. The minimum atomic E-state index is -3.09. The number of hydrogen-bond acceptors (Lipinski definition) is 2. The van der Waals surface area contributed by atoms with E-state index in [1.54, 1.807) is 13.8 Å². The molecule has 0 unspecified atom stereocenters. The molecule has 0 atom stereocenters. The van der Waals surface area contributed by atoms with Gasteiger partial charge in [0, 0.05) is 22.6 Å². The number of sulfone groups is 1. The zero-order valence-corrected chi connectivity index (χ0v) is 13.7. The van der Waals surface area contributed by atoms with Crippen LogP contribution in [-0.2, 0) is 15.6 Å². The van der Waals surface area contributed by atoms with Crippen molar-refractivity contribution >= 4 is 20.7 Å². The highest BCUT2D eigenvalue weighted by Gasteiger charge is 2.21. The molecule has 0 N–H and O–H groups in total. The van der Waals surface area contributed by atoms with Gasteiger partial charge in [0.2, 0.25) is 0 Å². The minimum absolute atomic E-state index is 0.108. The van der Waals surface area contributed by atoms with Crippen molar-refractivity contribution < 1.29 is 8.42 Å². The normalized spacial score (nSPS) is 12.8. The second-order valence-electron chi connectivity index (χ2n) is 6.02. The third-order valence-electron chi connectivity index (χ3n) is 3.66. The average molecular weight is 293 g/mol. The molecule has 0 aliphatic rings. The fraction of sp³-hybridized carbons (Fsp3) is 0.500. The predicted molar refractivity (Wildman–Crippen MR) is 84.8 cm³/mol. The van der Waals surface area contributed by atoms with Crippen LogP contribution in [0.1, 0.15) is 45.0 Å². The van der Waals surface area contributed by atoms with Gasteiger partial charge >= 0.3 is 0 Å². The molecule has 0 saturated heterocycles.